The summed E-state index contributed by atoms with van der Waals surface area (Å²) in [6.45, 7) is 3.75. The van der Waals surface area contributed by atoms with Gasteiger partial charge in [0.1, 0.15) is 12.2 Å². The molecule has 1 saturated heterocycles. The lowest BCUT2D eigenvalue weighted by atomic mass is 9.46. The quantitative estimate of drug-likeness (QED) is 0.605. The molecule has 0 unspecified atom stereocenters. The maximum absolute atomic E-state index is 11.8. The van der Waals surface area contributed by atoms with Gasteiger partial charge >= 0.3 is 5.97 Å². The Morgan fingerprint density at radius 1 is 1.40 bits per heavy atom. The Morgan fingerprint density at radius 2 is 2.10 bits per heavy atom. The third-order valence-electron chi connectivity index (χ3n) is 5.94. The van der Waals surface area contributed by atoms with E-state index in [0.29, 0.717) is 6.42 Å². The van der Waals surface area contributed by atoms with E-state index in [9.17, 15) is 20.1 Å². The minimum Gasteiger partial charge on any atom is -0.459 e. The Morgan fingerprint density at radius 3 is 2.75 bits per heavy atom. The molecule has 0 aromatic carbocycles. The second-order valence-electron chi connectivity index (χ2n) is 7.07. The van der Waals surface area contributed by atoms with Crippen LogP contribution in [0.5, 0.6) is 0 Å². The van der Waals surface area contributed by atoms with Crippen molar-refractivity contribution in [1.29, 1.82) is 0 Å². The molecule has 20 heavy (non-hydrogen) atoms. The van der Waals surface area contributed by atoms with E-state index < -0.39 is 28.5 Å². The number of esters is 1. The highest BCUT2D eigenvalue weighted by Crippen LogP contribution is 2.62. The Hall–Kier alpha value is -0.910. The van der Waals surface area contributed by atoms with Crippen molar-refractivity contribution >= 4 is 5.97 Å². The molecule has 1 heterocycles. The molecule has 3 aliphatic rings. The van der Waals surface area contributed by atoms with Gasteiger partial charge in [-0.1, -0.05) is 20.3 Å². The summed E-state index contributed by atoms with van der Waals surface area (Å²) in [6, 6.07) is 0. The Kier molecular flexibility index (Phi) is 2.85. The van der Waals surface area contributed by atoms with Crippen molar-refractivity contribution in [1.82, 2.24) is 0 Å². The van der Waals surface area contributed by atoms with E-state index in [1.165, 1.54) is 6.08 Å². The molecule has 3 rings (SSSR count). The zero-order valence-corrected chi connectivity index (χ0v) is 11.9. The second-order valence-corrected chi connectivity index (χ2v) is 7.07. The first kappa shape index (κ1) is 14.0. The first-order chi connectivity index (χ1) is 9.28. The van der Waals surface area contributed by atoms with E-state index in [1.54, 1.807) is 0 Å². The molecule has 2 fully saturated rings. The van der Waals surface area contributed by atoms with Crippen LogP contribution in [0.1, 0.15) is 33.1 Å². The van der Waals surface area contributed by atoms with Crippen LogP contribution in [0.2, 0.25) is 0 Å². The van der Waals surface area contributed by atoms with E-state index >= 15 is 0 Å². The predicted molar refractivity (Wildman–Crippen MR) is 70.6 cm³/mol. The van der Waals surface area contributed by atoms with E-state index in [0.717, 1.165) is 12.8 Å². The predicted octanol–water partition coefficient (Wildman–Crippen LogP) is 0.380. The minimum absolute atomic E-state index is 0.0433. The number of cyclic esters (lactones) is 1. The fourth-order valence-electron chi connectivity index (χ4n) is 4.81. The molecule has 0 aromatic rings. The summed E-state index contributed by atoms with van der Waals surface area (Å²) < 4.78 is 5.04. The van der Waals surface area contributed by atoms with Gasteiger partial charge in [-0.05, 0) is 24.3 Å². The second kappa shape index (κ2) is 4.06. The molecular formula is C15H22O5. The van der Waals surface area contributed by atoms with Crippen LogP contribution in [0.15, 0.2) is 11.6 Å². The van der Waals surface area contributed by atoms with E-state index in [1.807, 2.05) is 13.8 Å². The highest BCUT2D eigenvalue weighted by Gasteiger charge is 2.67. The number of carbonyl (C=O) groups is 1. The fraction of sp³-hybridized carbons (Fsp3) is 0.800. The smallest absolute Gasteiger partial charge is 0.336 e. The zero-order valence-electron chi connectivity index (χ0n) is 11.9. The topological polar surface area (TPSA) is 87.0 Å². The summed E-state index contributed by atoms with van der Waals surface area (Å²) in [6.07, 6.45) is 2.93. The van der Waals surface area contributed by atoms with E-state index in [-0.39, 0.29) is 24.7 Å². The highest BCUT2D eigenvalue weighted by molar-refractivity contribution is 5.94. The van der Waals surface area contributed by atoms with Gasteiger partial charge in [0.05, 0.1) is 11.7 Å². The van der Waals surface area contributed by atoms with Crippen molar-refractivity contribution in [3.63, 3.8) is 0 Å². The molecule has 0 radical (unpaired) electrons. The molecule has 5 atom stereocenters. The van der Waals surface area contributed by atoms with Gasteiger partial charge in [0.15, 0.2) is 0 Å². The molecule has 2 aliphatic carbocycles. The van der Waals surface area contributed by atoms with Gasteiger partial charge in [0.25, 0.3) is 0 Å². The Balaban J connectivity index is 2.17. The van der Waals surface area contributed by atoms with Crippen LogP contribution in [0.3, 0.4) is 0 Å². The number of aliphatic hydroxyl groups is 3. The van der Waals surface area contributed by atoms with Gasteiger partial charge in [0.2, 0.25) is 0 Å². The normalized spacial score (nSPS) is 51.0. The average molecular weight is 282 g/mol. The molecule has 1 aliphatic heterocycles. The molecule has 5 heteroatoms. The molecular weight excluding hydrogens is 260 g/mol. The Bertz CT molecular complexity index is 487. The van der Waals surface area contributed by atoms with Gasteiger partial charge < -0.3 is 20.1 Å². The molecule has 112 valence electrons. The summed E-state index contributed by atoms with van der Waals surface area (Å²) in [4.78, 5) is 11.8. The highest BCUT2D eigenvalue weighted by atomic mass is 16.6. The van der Waals surface area contributed by atoms with Gasteiger partial charge in [-0.2, -0.15) is 0 Å². The van der Waals surface area contributed by atoms with Gasteiger partial charge in [-0.25, -0.2) is 4.79 Å². The lowest BCUT2D eigenvalue weighted by molar-refractivity contribution is -0.184. The third-order valence-corrected chi connectivity index (χ3v) is 5.94. The number of hydrogen-bond donors (Lipinski definition) is 3. The van der Waals surface area contributed by atoms with Crippen LogP contribution < -0.4 is 0 Å². The monoisotopic (exact) mass is 282 g/mol. The lowest BCUT2D eigenvalue weighted by Crippen LogP contribution is -2.64. The van der Waals surface area contributed by atoms with Gasteiger partial charge in [-0.3, -0.25) is 0 Å². The molecule has 1 saturated carbocycles. The summed E-state index contributed by atoms with van der Waals surface area (Å²) in [7, 11) is 0. The number of hydrogen-bond acceptors (Lipinski definition) is 5. The number of fused-ring (bicyclic) bond motifs is 3. The molecule has 0 aromatic heterocycles. The number of carbonyl (C=O) groups excluding carboxylic acids is 1. The first-order valence-corrected chi connectivity index (χ1v) is 7.19. The first-order valence-electron chi connectivity index (χ1n) is 7.19. The molecule has 0 spiro atoms. The van der Waals surface area contributed by atoms with Crippen LogP contribution in [0.4, 0.5) is 0 Å². The molecule has 0 bridgehead atoms. The largest absolute Gasteiger partial charge is 0.459 e. The zero-order chi connectivity index (χ0) is 14.8. The van der Waals surface area contributed by atoms with Crippen molar-refractivity contribution in [2.75, 3.05) is 13.2 Å². The van der Waals surface area contributed by atoms with Crippen LogP contribution in [0.25, 0.3) is 0 Å². The van der Waals surface area contributed by atoms with Crippen molar-refractivity contribution in [2.45, 2.75) is 44.8 Å². The SMILES string of the molecule is C[C@]1(CO)CCC[C@@]2(C)[C@H]1[C@H](O)C=C1C(=O)OC[C@@]12O. The van der Waals surface area contributed by atoms with Crippen LogP contribution in [-0.2, 0) is 9.53 Å². The van der Waals surface area contributed by atoms with E-state index in [2.05, 4.69) is 0 Å². The van der Waals surface area contributed by atoms with Crippen molar-refractivity contribution in [3.05, 3.63) is 11.6 Å². The van der Waals surface area contributed by atoms with Crippen molar-refractivity contribution < 1.29 is 24.9 Å². The fourth-order valence-corrected chi connectivity index (χ4v) is 4.81. The Labute approximate surface area is 118 Å². The van der Waals surface area contributed by atoms with Gasteiger partial charge in [0, 0.05) is 17.9 Å². The maximum Gasteiger partial charge on any atom is 0.336 e. The van der Waals surface area contributed by atoms with Crippen LogP contribution in [0, 0.1) is 16.7 Å². The number of aliphatic hydroxyl groups excluding tert-OH is 2. The standard InChI is InChI=1S/C15H22O5/c1-13(7-16)4-3-5-14(2)11(13)10(17)6-9-12(18)20-8-15(9,14)19/h6,10-11,16-17,19H,3-5,7-8H2,1-2H3/t10-,11+,13-,14+,15-/m1/s1. The average Bonchev–Trinajstić information content (AvgIpc) is 2.68. The van der Waals surface area contributed by atoms with E-state index in [4.69, 9.17) is 4.74 Å². The maximum atomic E-state index is 11.8. The summed E-state index contributed by atoms with van der Waals surface area (Å²) in [5.74, 6) is -0.834. The van der Waals surface area contributed by atoms with Gasteiger partial charge in [-0.15, -0.1) is 0 Å². The molecule has 3 N–H and O–H groups in total. The van der Waals surface area contributed by atoms with Crippen molar-refractivity contribution in [3.8, 4) is 0 Å². The lowest BCUT2D eigenvalue weighted by Gasteiger charge is -2.59. The summed E-state index contributed by atoms with van der Waals surface area (Å²) >= 11 is 0. The number of rotatable bonds is 1. The number of ether oxygens (including phenoxy) is 1. The van der Waals surface area contributed by atoms with Crippen LogP contribution >= 0.6 is 0 Å². The van der Waals surface area contributed by atoms with Crippen LogP contribution in [-0.4, -0.2) is 46.2 Å². The summed E-state index contributed by atoms with van der Waals surface area (Å²) in [5.41, 5.74) is -2.30. The molecule has 0 amide bonds. The van der Waals surface area contributed by atoms with Crippen molar-refractivity contribution in [2.24, 2.45) is 16.7 Å². The minimum atomic E-state index is -1.36. The summed E-state index contributed by atoms with van der Waals surface area (Å²) in [5, 5.41) is 31.4. The third kappa shape index (κ3) is 1.46. The molecule has 5 nitrogen and oxygen atoms in total.